The first kappa shape index (κ1) is 13.7. The summed E-state index contributed by atoms with van der Waals surface area (Å²) in [4.78, 5) is 11.5. The Morgan fingerprint density at radius 2 is 1.81 bits per heavy atom. The standard InChI is InChI=1S/C15H28O/c1-5-14(16)10-12-7-6-8-13(9-12)11-15(2,3)4/h12-13H,5-11H2,1-4H3. The molecule has 0 radical (unpaired) electrons. The minimum atomic E-state index is 0.446. The quantitative estimate of drug-likeness (QED) is 0.682. The van der Waals surface area contributed by atoms with Crippen molar-refractivity contribution >= 4 is 5.78 Å². The third-order valence-electron chi connectivity index (χ3n) is 3.70. The van der Waals surface area contributed by atoms with Crippen LogP contribution in [-0.4, -0.2) is 5.78 Å². The van der Waals surface area contributed by atoms with Crippen molar-refractivity contribution in [1.82, 2.24) is 0 Å². The lowest BCUT2D eigenvalue weighted by Crippen LogP contribution is -2.22. The van der Waals surface area contributed by atoms with Gasteiger partial charge in [0.2, 0.25) is 0 Å². The van der Waals surface area contributed by atoms with Crippen LogP contribution >= 0.6 is 0 Å². The van der Waals surface area contributed by atoms with Gasteiger partial charge in [0.1, 0.15) is 5.78 Å². The molecule has 1 nitrogen and oxygen atoms in total. The molecule has 0 aromatic carbocycles. The van der Waals surface area contributed by atoms with E-state index in [1.54, 1.807) is 0 Å². The lowest BCUT2D eigenvalue weighted by Gasteiger charge is -2.33. The van der Waals surface area contributed by atoms with E-state index in [0.29, 0.717) is 17.1 Å². The van der Waals surface area contributed by atoms with Gasteiger partial charge in [-0.2, -0.15) is 0 Å². The first-order valence-corrected chi connectivity index (χ1v) is 6.92. The molecule has 1 heteroatoms. The Bertz CT molecular complexity index is 224. The first-order chi connectivity index (χ1) is 7.40. The van der Waals surface area contributed by atoms with Gasteiger partial charge in [0.05, 0.1) is 0 Å². The lowest BCUT2D eigenvalue weighted by atomic mass is 9.73. The van der Waals surface area contributed by atoms with Crippen molar-refractivity contribution in [3.8, 4) is 0 Å². The second-order valence-corrected chi connectivity index (χ2v) is 6.76. The van der Waals surface area contributed by atoms with Crippen molar-refractivity contribution in [3.05, 3.63) is 0 Å². The number of hydrogen-bond donors (Lipinski definition) is 0. The van der Waals surface area contributed by atoms with Gasteiger partial charge in [-0.05, 0) is 30.1 Å². The zero-order valence-electron chi connectivity index (χ0n) is 11.5. The van der Waals surface area contributed by atoms with Crippen LogP contribution in [0.25, 0.3) is 0 Å². The van der Waals surface area contributed by atoms with Crippen molar-refractivity contribution in [2.24, 2.45) is 17.3 Å². The third-order valence-corrected chi connectivity index (χ3v) is 3.70. The maximum Gasteiger partial charge on any atom is 0.132 e. The Kier molecular flexibility index (Phi) is 5.01. The Hall–Kier alpha value is -0.330. The highest BCUT2D eigenvalue weighted by Gasteiger charge is 2.26. The predicted octanol–water partition coefficient (Wildman–Crippen LogP) is 4.60. The maximum absolute atomic E-state index is 11.5. The highest BCUT2D eigenvalue weighted by molar-refractivity contribution is 5.78. The van der Waals surface area contributed by atoms with Crippen LogP contribution in [0.2, 0.25) is 0 Å². The zero-order valence-corrected chi connectivity index (χ0v) is 11.5. The molecule has 94 valence electrons. The van der Waals surface area contributed by atoms with Crippen LogP contribution in [0.1, 0.15) is 72.6 Å². The molecule has 0 saturated heterocycles. The normalized spacial score (nSPS) is 26.8. The Morgan fingerprint density at radius 3 is 2.38 bits per heavy atom. The van der Waals surface area contributed by atoms with Crippen molar-refractivity contribution < 1.29 is 4.79 Å². The summed E-state index contributed by atoms with van der Waals surface area (Å²) in [7, 11) is 0. The molecule has 0 heterocycles. The van der Waals surface area contributed by atoms with E-state index >= 15 is 0 Å². The Morgan fingerprint density at radius 1 is 1.19 bits per heavy atom. The largest absolute Gasteiger partial charge is 0.300 e. The van der Waals surface area contributed by atoms with Crippen molar-refractivity contribution in [3.63, 3.8) is 0 Å². The monoisotopic (exact) mass is 224 g/mol. The van der Waals surface area contributed by atoms with E-state index in [0.717, 1.165) is 18.8 Å². The molecule has 0 aliphatic heterocycles. The Labute approximate surface area is 101 Å². The number of hydrogen-bond acceptors (Lipinski definition) is 1. The highest BCUT2D eigenvalue weighted by Crippen LogP contribution is 2.38. The Balaban J connectivity index is 2.38. The summed E-state index contributed by atoms with van der Waals surface area (Å²) in [6.07, 6.45) is 8.19. The van der Waals surface area contributed by atoms with E-state index in [4.69, 9.17) is 0 Å². The highest BCUT2D eigenvalue weighted by atomic mass is 16.1. The molecule has 0 aromatic heterocycles. The summed E-state index contributed by atoms with van der Waals surface area (Å²) in [6.45, 7) is 8.97. The zero-order chi connectivity index (χ0) is 12.2. The van der Waals surface area contributed by atoms with Crippen LogP contribution < -0.4 is 0 Å². The van der Waals surface area contributed by atoms with Gasteiger partial charge in [-0.1, -0.05) is 47.0 Å². The van der Waals surface area contributed by atoms with E-state index in [-0.39, 0.29) is 0 Å². The summed E-state index contributed by atoms with van der Waals surface area (Å²) >= 11 is 0. The van der Waals surface area contributed by atoms with Crippen molar-refractivity contribution in [2.45, 2.75) is 72.6 Å². The van der Waals surface area contributed by atoms with Gasteiger partial charge in [0.15, 0.2) is 0 Å². The second-order valence-electron chi connectivity index (χ2n) is 6.76. The van der Waals surface area contributed by atoms with Crippen LogP contribution in [0.15, 0.2) is 0 Å². The molecule has 2 unspecified atom stereocenters. The molecule has 0 bridgehead atoms. The molecular formula is C15H28O. The summed E-state index contributed by atoms with van der Waals surface area (Å²) in [5.41, 5.74) is 0.446. The van der Waals surface area contributed by atoms with Gasteiger partial charge in [-0.15, -0.1) is 0 Å². The van der Waals surface area contributed by atoms with E-state index in [1.807, 2.05) is 6.92 Å². The first-order valence-electron chi connectivity index (χ1n) is 6.92. The van der Waals surface area contributed by atoms with Gasteiger partial charge < -0.3 is 0 Å². The molecule has 0 spiro atoms. The molecule has 1 saturated carbocycles. The van der Waals surface area contributed by atoms with Crippen LogP contribution in [-0.2, 0) is 4.79 Å². The minimum absolute atomic E-state index is 0.446. The van der Waals surface area contributed by atoms with E-state index < -0.39 is 0 Å². The van der Waals surface area contributed by atoms with Crippen LogP contribution in [0, 0.1) is 17.3 Å². The van der Waals surface area contributed by atoms with E-state index in [9.17, 15) is 4.79 Å². The summed E-state index contributed by atoms with van der Waals surface area (Å²) in [5, 5.41) is 0. The van der Waals surface area contributed by atoms with Crippen molar-refractivity contribution in [2.75, 3.05) is 0 Å². The fourth-order valence-corrected chi connectivity index (χ4v) is 3.11. The molecule has 1 aliphatic rings. The van der Waals surface area contributed by atoms with Crippen LogP contribution in [0.3, 0.4) is 0 Å². The van der Waals surface area contributed by atoms with Gasteiger partial charge in [-0.25, -0.2) is 0 Å². The van der Waals surface area contributed by atoms with Crippen LogP contribution in [0.5, 0.6) is 0 Å². The average Bonchev–Trinajstić information content (AvgIpc) is 2.15. The second kappa shape index (κ2) is 5.84. The molecule has 2 atom stereocenters. The molecule has 1 fully saturated rings. The molecule has 0 N–H and O–H groups in total. The van der Waals surface area contributed by atoms with Crippen molar-refractivity contribution in [1.29, 1.82) is 0 Å². The number of carbonyl (C=O) groups is 1. The smallest absolute Gasteiger partial charge is 0.132 e. The lowest BCUT2D eigenvalue weighted by molar-refractivity contribution is -0.120. The molecule has 0 aromatic rings. The minimum Gasteiger partial charge on any atom is -0.300 e. The fourth-order valence-electron chi connectivity index (χ4n) is 3.11. The van der Waals surface area contributed by atoms with Crippen LogP contribution in [0.4, 0.5) is 0 Å². The van der Waals surface area contributed by atoms with E-state index in [2.05, 4.69) is 20.8 Å². The predicted molar refractivity (Wildman–Crippen MR) is 69.4 cm³/mol. The number of rotatable bonds is 4. The van der Waals surface area contributed by atoms with Gasteiger partial charge >= 0.3 is 0 Å². The topological polar surface area (TPSA) is 17.1 Å². The maximum atomic E-state index is 11.5. The van der Waals surface area contributed by atoms with Gasteiger partial charge in [0, 0.05) is 12.8 Å². The fraction of sp³-hybridized carbons (Fsp3) is 0.933. The SMILES string of the molecule is CCC(=O)CC1CCCC(CC(C)(C)C)C1. The molecular weight excluding hydrogens is 196 g/mol. The molecule has 16 heavy (non-hydrogen) atoms. The molecule has 1 aliphatic carbocycles. The van der Waals surface area contributed by atoms with Gasteiger partial charge in [-0.3, -0.25) is 4.79 Å². The molecule has 0 amide bonds. The number of carbonyl (C=O) groups excluding carboxylic acids is 1. The summed E-state index contributed by atoms with van der Waals surface area (Å²) in [6, 6.07) is 0. The summed E-state index contributed by atoms with van der Waals surface area (Å²) < 4.78 is 0. The molecule has 1 rings (SSSR count). The number of ketones is 1. The average molecular weight is 224 g/mol. The summed E-state index contributed by atoms with van der Waals surface area (Å²) in [5.74, 6) is 2.01. The number of Topliss-reactive ketones (excluding diaryl/α,β-unsaturated/α-hetero) is 1. The van der Waals surface area contributed by atoms with E-state index in [1.165, 1.54) is 32.1 Å². The third kappa shape index (κ3) is 5.14. The van der Waals surface area contributed by atoms with Gasteiger partial charge in [0.25, 0.3) is 0 Å².